The number of fused-ring (bicyclic) bond motifs is 1. The molecule has 1 aliphatic heterocycles. The standard InChI is InChI=1S/C41H68N6O8/c1-11-41(8,9)30(29(48)35(51)42-25-20-21-25)44-34(50)28-26-19-15-18-24(26)22-47(28)37(53)32(40(5,6)7)45-33(49)27(23-16-13-12-14-17-23)43-36(52)31(39(2,3)4)46-38(54)55-10/h23-28,30-32H,11-22H2,1-10H3,(H,42,51)(H,43,52)(H,44,50)(H,45,49)(H,46,54)/t24-,26-,27-,28-,30+,31-,32+/m0/s1. The van der Waals surface area contributed by atoms with Crippen molar-refractivity contribution in [3.8, 4) is 0 Å². The molecule has 4 aliphatic rings. The third-order valence-electron chi connectivity index (χ3n) is 12.5. The zero-order chi connectivity index (χ0) is 41.0. The zero-order valence-electron chi connectivity index (χ0n) is 34.9. The molecule has 1 heterocycles. The summed E-state index contributed by atoms with van der Waals surface area (Å²) in [6.07, 6.45) is 8.11. The van der Waals surface area contributed by atoms with Crippen molar-refractivity contribution in [2.24, 2.45) is 34.0 Å². The Morgan fingerprint density at radius 3 is 1.85 bits per heavy atom. The quantitative estimate of drug-likeness (QED) is 0.165. The third-order valence-corrected chi connectivity index (χ3v) is 12.5. The van der Waals surface area contributed by atoms with Gasteiger partial charge < -0.3 is 36.2 Å². The highest BCUT2D eigenvalue weighted by atomic mass is 16.5. The zero-order valence-corrected chi connectivity index (χ0v) is 34.9. The number of rotatable bonds is 14. The lowest BCUT2D eigenvalue weighted by atomic mass is 9.79. The van der Waals surface area contributed by atoms with Crippen LogP contribution in [0.15, 0.2) is 0 Å². The van der Waals surface area contributed by atoms with Gasteiger partial charge in [-0.05, 0) is 78.9 Å². The summed E-state index contributed by atoms with van der Waals surface area (Å²) in [5, 5.41) is 14.3. The van der Waals surface area contributed by atoms with E-state index >= 15 is 0 Å². The lowest BCUT2D eigenvalue weighted by Crippen LogP contribution is -2.64. The predicted octanol–water partition coefficient (Wildman–Crippen LogP) is 3.75. The number of carbonyl (C=O) groups is 7. The fraction of sp³-hybridized carbons (Fsp3) is 0.829. The lowest BCUT2D eigenvalue weighted by Gasteiger charge is -2.39. The van der Waals surface area contributed by atoms with E-state index < -0.39 is 87.9 Å². The molecule has 14 nitrogen and oxygen atoms in total. The SMILES string of the molecule is CCC(C)(C)[C@H](NC(=O)[C@@H]1[C@H]2CCC[C@H]2CN1C(=O)[C@@H](NC(=O)[C@@H](NC(=O)[C@H](NC(=O)OC)C(C)(C)C)C1CCCCC1)C(C)(C)C)C(=O)C(=O)NC1CC1. The number of hydrogen-bond donors (Lipinski definition) is 5. The Labute approximate surface area is 327 Å². The van der Waals surface area contributed by atoms with Crippen molar-refractivity contribution in [2.75, 3.05) is 13.7 Å². The van der Waals surface area contributed by atoms with Crippen molar-refractivity contribution in [1.82, 2.24) is 31.5 Å². The topological polar surface area (TPSA) is 192 Å². The van der Waals surface area contributed by atoms with Gasteiger partial charge in [-0.1, -0.05) is 88.0 Å². The fourth-order valence-corrected chi connectivity index (χ4v) is 8.53. The molecule has 14 heteroatoms. The normalized spacial score (nSPS) is 24.0. The van der Waals surface area contributed by atoms with Crippen molar-refractivity contribution < 1.29 is 38.3 Å². The van der Waals surface area contributed by atoms with E-state index in [0.717, 1.165) is 51.4 Å². The Hall–Kier alpha value is -3.71. The largest absolute Gasteiger partial charge is 0.453 e. The molecule has 4 rings (SSSR count). The van der Waals surface area contributed by atoms with Gasteiger partial charge in [-0.3, -0.25) is 28.8 Å². The second-order valence-corrected chi connectivity index (χ2v) is 19.3. The van der Waals surface area contributed by atoms with Gasteiger partial charge in [-0.25, -0.2) is 4.79 Å². The number of nitrogens with one attached hydrogen (secondary N) is 5. The minimum absolute atomic E-state index is 0.0215. The van der Waals surface area contributed by atoms with E-state index in [1.54, 1.807) is 25.7 Å². The molecule has 0 radical (unpaired) electrons. The molecule has 0 unspecified atom stereocenters. The summed E-state index contributed by atoms with van der Waals surface area (Å²) in [5.74, 6) is -3.57. The average Bonchev–Trinajstić information content (AvgIpc) is 3.69. The molecule has 55 heavy (non-hydrogen) atoms. The van der Waals surface area contributed by atoms with E-state index in [2.05, 4.69) is 26.6 Å². The summed E-state index contributed by atoms with van der Waals surface area (Å²) in [5.41, 5.74) is -2.25. The van der Waals surface area contributed by atoms with Gasteiger partial charge in [0.25, 0.3) is 5.91 Å². The monoisotopic (exact) mass is 773 g/mol. The summed E-state index contributed by atoms with van der Waals surface area (Å²) < 4.78 is 4.78. The molecule has 3 saturated carbocycles. The molecule has 0 aromatic heterocycles. The first-order valence-electron chi connectivity index (χ1n) is 20.5. The van der Waals surface area contributed by atoms with Crippen LogP contribution in [0, 0.1) is 34.0 Å². The molecule has 0 aromatic rings. The van der Waals surface area contributed by atoms with Crippen LogP contribution in [0.2, 0.25) is 0 Å². The summed E-state index contributed by atoms with van der Waals surface area (Å²) in [6, 6.07) is -5.04. The van der Waals surface area contributed by atoms with Gasteiger partial charge in [0.2, 0.25) is 29.4 Å². The van der Waals surface area contributed by atoms with E-state index in [0.29, 0.717) is 25.8 Å². The van der Waals surface area contributed by atoms with E-state index in [1.165, 1.54) is 7.11 Å². The second kappa shape index (κ2) is 17.6. The Balaban J connectivity index is 1.62. The average molecular weight is 773 g/mol. The van der Waals surface area contributed by atoms with Crippen LogP contribution in [0.25, 0.3) is 0 Å². The minimum Gasteiger partial charge on any atom is -0.453 e. The van der Waals surface area contributed by atoms with Crippen molar-refractivity contribution >= 4 is 41.4 Å². The first kappa shape index (κ1) is 44.0. The Morgan fingerprint density at radius 2 is 1.31 bits per heavy atom. The van der Waals surface area contributed by atoms with Gasteiger partial charge in [0.15, 0.2) is 0 Å². The third kappa shape index (κ3) is 10.8. The molecule has 0 aromatic carbocycles. The predicted molar refractivity (Wildman–Crippen MR) is 207 cm³/mol. The number of likely N-dealkylation sites (tertiary alicyclic amines) is 1. The molecule has 3 aliphatic carbocycles. The highest BCUT2D eigenvalue weighted by Crippen LogP contribution is 2.43. The van der Waals surface area contributed by atoms with Crippen LogP contribution in [0.5, 0.6) is 0 Å². The summed E-state index contributed by atoms with van der Waals surface area (Å²) >= 11 is 0. The molecule has 4 fully saturated rings. The molecule has 1 saturated heterocycles. The van der Waals surface area contributed by atoms with Crippen LogP contribution in [0.4, 0.5) is 4.79 Å². The highest BCUT2D eigenvalue weighted by Gasteiger charge is 2.53. The smallest absolute Gasteiger partial charge is 0.407 e. The summed E-state index contributed by atoms with van der Waals surface area (Å²) in [7, 11) is 1.22. The van der Waals surface area contributed by atoms with Crippen molar-refractivity contribution in [1.29, 1.82) is 0 Å². The Morgan fingerprint density at radius 1 is 0.691 bits per heavy atom. The number of methoxy groups -OCH3 is 1. The molecule has 0 bridgehead atoms. The van der Waals surface area contributed by atoms with Crippen molar-refractivity contribution in [2.45, 2.75) is 169 Å². The number of ether oxygens (including phenoxy) is 1. The van der Waals surface area contributed by atoms with Crippen LogP contribution in [0.3, 0.4) is 0 Å². The van der Waals surface area contributed by atoms with Gasteiger partial charge in [0.1, 0.15) is 30.2 Å². The maximum atomic E-state index is 14.8. The molecule has 7 atom stereocenters. The first-order chi connectivity index (χ1) is 25.6. The van der Waals surface area contributed by atoms with Crippen LogP contribution in [0.1, 0.15) is 133 Å². The maximum Gasteiger partial charge on any atom is 0.407 e. The summed E-state index contributed by atoms with van der Waals surface area (Å²) in [4.78, 5) is 98.0. The Bertz CT molecular complexity index is 1460. The first-order valence-corrected chi connectivity index (χ1v) is 20.5. The molecule has 310 valence electrons. The van der Waals surface area contributed by atoms with Crippen molar-refractivity contribution in [3.05, 3.63) is 0 Å². The molecule has 0 spiro atoms. The molecular weight excluding hydrogens is 704 g/mol. The van der Waals surface area contributed by atoms with Gasteiger partial charge in [0, 0.05) is 12.6 Å². The van der Waals surface area contributed by atoms with Gasteiger partial charge in [-0.2, -0.15) is 0 Å². The van der Waals surface area contributed by atoms with Crippen LogP contribution in [-0.2, 0) is 33.5 Å². The number of ketones is 1. The Kier molecular flexibility index (Phi) is 14.1. The van der Waals surface area contributed by atoms with Crippen LogP contribution >= 0.6 is 0 Å². The number of alkyl carbamates (subject to hydrolysis) is 1. The van der Waals surface area contributed by atoms with E-state index in [9.17, 15) is 33.6 Å². The van der Waals surface area contributed by atoms with Crippen molar-refractivity contribution in [3.63, 3.8) is 0 Å². The maximum absolute atomic E-state index is 14.8. The molecule has 6 amide bonds. The fourth-order valence-electron chi connectivity index (χ4n) is 8.53. The molecular formula is C41H68N6O8. The molecule has 5 N–H and O–H groups in total. The summed E-state index contributed by atoms with van der Waals surface area (Å²) in [6.45, 7) is 16.9. The van der Waals surface area contributed by atoms with E-state index in [4.69, 9.17) is 4.74 Å². The number of carbonyl (C=O) groups excluding carboxylic acids is 7. The van der Waals surface area contributed by atoms with Gasteiger partial charge >= 0.3 is 6.09 Å². The van der Waals surface area contributed by atoms with Gasteiger partial charge in [-0.15, -0.1) is 0 Å². The minimum atomic E-state index is -1.09. The number of nitrogens with zero attached hydrogens (tertiary/aromatic N) is 1. The number of Topliss-reactive ketones (excluding diaryl/α,β-unsaturated/α-hetero) is 1. The van der Waals surface area contributed by atoms with Crippen LogP contribution in [-0.4, -0.2) is 96.2 Å². The van der Waals surface area contributed by atoms with Crippen LogP contribution < -0.4 is 26.6 Å². The highest BCUT2D eigenvalue weighted by molar-refractivity contribution is 6.38. The van der Waals surface area contributed by atoms with E-state index in [-0.39, 0.29) is 23.8 Å². The number of hydrogen-bond acceptors (Lipinski definition) is 8. The number of amides is 6. The van der Waals surface area contributed by atoms with E-state index in [1.807, 2.05) is 41.5 Å². The van der Waals surface area contributed by atoms with Gasteiger partial charge in [0.05, 0.1) is 7.11 Å². The second-order valence-electron chi connectivity index (χ2n) is 19.3. The lowest BCUT2D eigenvalue weighted by molar-refractivity contribution is -0.147.